The zero-order valence-electron chi connectivity index (χ0n) is 25.1. The van der Waals surface area contributed by atoms with Crippen LogP contribution in [0.2, 0.25) is 0 Å². The van der Waals surface area contributed by atoms with Crippen LogP contribution in [0.3, 0.4) is 0 Å². The first-order chi connectivity index (χ1) is 22.3. The molecular formula is C35H33FN2O8. The topological polar surface area (TPSA) is 135 Å². The molecular weight excluding hydrogens is 595 g/mol. The van der Waals surface area contributed by atoms with Crippen LogP contribution in [0.15, 0.2) is 78.9 Å². The Bertz CT molecular complexity index is 1740. The third-order valence-electron chi connectivity index (χ3n) is 7.65. The van der Waals surface area contributed by atoms with E-state index in [4.69, 9.17) is 24.1 Å². The quantitative estimate of drug-likeness (QED) is 0.256. The summed E-state index contributed by atoms with van der Waals surface area (Å²) in [5.41, 5.74) is 3.64. The van der Waals surface area contributed by atoms with Gasteiger partial charge in [-0.2, -0.15) is 0 Å². The minimum atomic E-state index is -0.530. The maximum atomic E-state index is 14.7. The summed E-state index contributed by atoms with van der Waals surface area (Å²) < 4.78 is 32.0. The molecule has 0 spiro atoms. The van der Waals surface area contributed by atoms with Gasteiger partial charge in [-0.15, -0.1) is 0 Å². The number of rotatable bonds is 2. The largest absolute Gasteiger partial charge is 0.508 e. The predicted molar refractivity (Wildman–Crippen MR) is 166 cm³/mol. The maximum absolute atomic E-state index is 14.7. The zero-order valence-corrected chi connectivity index (χ0v) is 25.1. The Morgan fingerprint density at radius 2 is 1.89 bits per heavy atom. The van der Waals surface area contributed by atoms with Crippen LogP contribution in [-0.2, 0) is 22.4 Å². The number of carbonyl (C=O) groups excluding carboxylic acids is 2. The number of ether oxygens (including phenoxy) is 3. The summed E-state index contributed by atoms with van der Waals surface area (Å²) >= 11 is 0. The van der Waals surface area contributed by atoms with Crippen molar-refractivity contribution in [3.05, 3.63) is 112 Å². The number of fused-ring (bicyclic) bond motifs is 7. The lowest BCUT2D eigenvalue weighted by molar-refractivity contribution is -0.123. The average molecular weight is 629 g/mol. The van der Waals surface area contributed by atoms with E-state index in [1.807, 2.05) is 36.4 Å². The molecule has 0 radical (unpaired) electrons. The second-order valence-electron chi connectivity index (χ2n) is 10.7. The van der Waals surface area contributed by atoms with Crippen molar-refractivity contribution in [2.75, 3.05) is 26.8 Å². The van der Waals surface area contributed by atoms with Crippen molar-refractivity contribution >= 4 is 18.3 Å². The van der Waals surface area contributed by atoms with Gasteiger partial charge < -0.3 is 34.6 Å². The van der Waals surface area contributed by atoms with Crippen LogP contribution >= 0.6 is 0 Å². The van der Waals surface area contributed by atoms with Gasteiger partial charge in [0.15, 0.2) is 11.6 Å². The predicted octanol–water partition coefficient (Wildman–Crippen LogP) is 5.26. The number of benzene rings is 4. The van der Waals surface area contributed by atoms with E-state index in [0.29, 0.717) is 60.9 Å². The number of phenolic OH excluding ortho intramolecular Hbond substituents is 1. The van der Waals surface area contributed by atoms with Crippen molar-refractivity contribution in [1.82, 2.24) is 10.2 Å². The van der Waals surface area contributed by atoms with E-state index in [-0.39, 0.29) is 36.2 Å². The van der Waals surface area contributed by atoms with Crippen LogP contribution in [0.4, 0.5) is 4.39 Å². The summed E-state index contributed by atoms with van der Waals surface area (Å²) in [4.78, 5) is 36.6. The molecule has 0 aromatic heterocycles. The summed E-state index contributed by atoms with van der Waals surface area (Å²) in [6, 6.07) is 21.6. The van der Waals surface area contributed by atoms with Crippen LogP contribution in [0.1, 0.15) is 45.1 Å². The summed E-state index contributed by atoms with van der Waals surface area (Å²) in [5, 5.41) is 20.0. The molecule has 0 aliphatic carbocycles. The minimum absolute atomic E-state index is 0.0336. The van der Waals surface area contributed by atoms with Crippen molar-refractivity contribution in [3.8, 4) is 28.7 Å². The van der Waals surface area contributed by atoms with E-state index in [0.717, 1.165) is 16.7 Å². The number of carboxylic acid groups (broad SMARTS) is 1. The van der Waals surface area contributed by atoms with Crippen LogP contribution < -0.4 is 19.5 Å². The number of aromatic hydroxyl groups is 1. The Balaban J connectivity index is 0.00000134. The van der Waals surface area contributed by atoms with E-state index in [2.05, 4.69) is 5.32 Å². The van der Waals surface area contributed by atoms with Gasteiger partial charge in [-0.3, -0.25) is 14.4 Å². The molecule has 11 heteroatoms. The number of nitrogens with zero attached hydrogens (tertiary/aromatic N) is 1. The Kier molecular flexibility index (Phi) is 10.0. The van der Waals surface area contributed by atoms with E-state index in [9.17, 15) is 19.1 Å². The molecule has 3 heterocycles. The van der Waals surface area contributed by atoms with Crippen molar-refractivity contribution in [2.45, 2.75) is 25.3 Å². The first-order valence-electron chi connectivity index (χ1n) is 14.6. The number of halogens is 1. The molecule has 1 atom stereocenters. The summed E-state index contributed by atoms with van der Waals surface area (Å²) in [6.45, 7) is 0.948. The van der Waals surface area contributed by atoms with Gasteiger partial charge in [-0.25, -0.2) is 4.39 Å². The minimum Gasteiger partial charge on any atom is -0.508 e. The molecule has 3 N–H and O–H groups in total. The standard InChI is InChI=1S/C34H31FN2O6.CH2O2/c1-41-28-19-24(16-25(38)20-28)34(40)37-12-10-22-17-27-7-8-29(22)33(37)23-4-2-5-26(18-23)42-13-3-11-36-32(39)15-21-6-9-30(35)31(14-21)43-27;2-1-3/h2,4-9,14,16-20,33,38H,3,10-13,15H2,1H3,(H,36,39);1H,(H,2,3). The molecule has 4 aromatic carbocycles. The molecule has 2 amide bonds. The number of nitrogens with one attached hydrogen (secondary N) is 1. The van der Waals surface area contributed by atoms with Gasteiger partial charge in [-0.1, -0.05) is 24.3 Å². The second-order valence-corrected chi connectivity index (χ2v) is 10.7. The van der Waals surface area contributed by atoms with Gasteiger partial charge in [0.05, 0.1) is 26.2 Å². The Hall–Kier alpha value is -5.58. The van der Waals surface area contributed by atoms with Crippen LogP contribution in [-0.4, -0.2) is 60.2 Å². The normalized spacial score (nSPS) is 15.7. The fourth-order valence-electron chi connectivity index (χ4n) is 5.61. The molecule has 0 fully saturated rings. The molecule has 0 saturated carbocycles. The number of carbonyl (C=O) groups is 3. The number of hydrogen-bond acceptors (Lipinski definition) is 7. The molecule has 1 unspecified atom stereocenters. The average Bonchev–Trinajstić information content (AvgIpc) is 3.05. The second kappa shape index (κ2) is 14.5. The van der Waals surface area contributed by atoms with Crippen molar-refractivity contribution < 1.29 is 43.2 Å². The molecule has 46 heavy (non-hydrogen) atoms. The third kappa shape index (κ3) is 7.37. The SMILES string of the molecule is COc1cc(O)cc(C(=O)N2CCc3cc4ccc3C2c2cccc(c2)OCCCNC(=O)Cc2ccc(F)c(c2)O4)c1.O=CO. The molecule has 8 bridgehead atoms. The Labute approximate surface area is 265 Å². The summed E-state index contributed by atoms with van der Waals surface area (Å²) in [7, 11) is 1.48. The lowest BCUT2D eigenvalue weighted by Gasteiger charge is -2.38. The van der Waals surface area contributed by atoms with E-state index < -0.39 is 11.9 Å². The molecule has 4 aromatic rings. The van der Waals surface area contributed by atoms with Gasteiger partial charge in [0.2, 0.25) is 5.91 Å². The van der Waals surface area contributed by atoms with Crippen molar-refractivity contribution in [2.24, 2.45) is 0 Å². The summed E-state index contributed by atoms with van der Waals surface area (Å²) in [5.74, 6) is 0.481. The molecule has 238 valence electrons. The van der Waals surface area contributed by atoms with Crippen LogP contribution in [0, 0.1) is 5.82 Å². The number of amides is 2. The molecule has 10 nitrogen and oxygen atoms in total. The maximum Gasteiger partial charge on any atom is 0.290 e. The summed E-state index contributed by atoms with van der Waals surface area (Å²) in [6.07, 6.45) is 1.22. The number of methoxy groups -OCH3 is 1. The number of hydrogen-bond donors (Lipinski definition) is 3. The Morgan fingerprint density at radius 3 is 2.70 bits per heavy atom. The highest BCUT2D eigenvalue weighted by atomic mass is 19.1. The van der Waals surface area contributed by atoms with Gasteiger partial charge in [0, 0.05) is 24.7 Å². The molecule has 7 rings (SSSR count). The van der Waals surface area contributed by atoms with Crippen molar-refractivity contribution in [1.29, 1.82) is 0 Å². The first kappa shape index (κ1) is 31.8. The van der Waals surface area contributed by atoms with Gasteiger partial charge in [0.1, 0.15) is 23.0 Å². The molecule has 3 aliphatic heterocycles. The van der Waals surface area contributed by atoms with E-state index in [1.165, 1.54) is 25.3 Å². The Morgan fingerprint density at radius 1 is 1.07 bits per heavy atom. The number of phenols is 1. The van der Waals surface area contributed by atoms with E-state index >= 15 is 0 Å². The van der Waals surface area contributed by atoms with Gasteiger partial charge in [0.25, 0.3) is 12.4 Å². The van der Waals surface area contributed by atoms with Crippen LogP contribution in [0.25, 0.3) is 0 Å². The van der Waals surface area contributed by atoms with Gasteiger partial charge >= 0.3 is 0 Å². The van der Waals surface area contributed by atoms with Crippen LogP contribution in [0.5, 0.6) is 28.7 Å². The fourth-order valence-corrected chi connectivity index (χ4v) is 5.61. The van der Waals surface area contributed by atoms with Gasteiger partial charge in [-0.05, 0) is 83.6 Å². The van der Waals surface area contributed by atoms with Crippen molar-refractivity contribution in [3.63, 3.8) is 0 Å². The molecule has 0 saturated heterocycles. The third-order valence-corrected chi connectivity index (χ3v) is 7.65. The highest BCUT2D eigenvalue weighted by Crippen LogP contribution is 2.40. The smallest absolute Gasteiger partial charge is 0.290 e. The monoisotopic (exact) mass is 628 g/mol. The zero-order chi connectivity index (χ0) is 32.6. The highest BCUT2D eigenvalue weighted by molar-refractivity contribution is 5.96. The lowest BCUT2D eigenvalue weighted by atomic mass is 9.87. The lowest BCUT2D eigenvalue weighted by Crippen LogP contribution is -2.40. The first-order valence-corrected chi connectivity index (χ1v) is 14.6. The fraction of sp³-hybridized carbons (Fsp3) is 0.229. The molecule has 3 aliphatic rings. The highest BCUT2D eigenvalue weighted by Gasteiger charge is 2.33. The van der Waals surface area contributed by atoms with E-state index in [1.54, 1.807) is 29.2 Å².